The molecule has 0 spiro atoms. The van der Waals surface area contributed by atoms with E-state index in [4.69, 9.17) is 24.7 Å². The van der Waals surface area contributed by atoms with E-state index in [1.165, 1.54) is 34.3 Å². The summed E-state index contributed by atoms with van der Waals surface area (Å²) in [5.41, 5.74) is 6.12. The molecule has 2 aliphatic rings. The first-order chi connectivity index (χ1) is 18.8. The van der Waals surface area contributed by atoms with E-state index in [9.17, 15) is 24.3 Å². The maximum Gasteiger partial charge on any atom is 0.405 e. The van der Waals surface area contributed by atoms with Gasteiger partial charge in [0.25, 0.3) is 5.91 Å². The second-order valence-corrected chi connectivity index (χ2v) is 10.1. The highest BCUT2D eigenvalue weighted by Gasteiger charge is 2.34. The van der Waals surface area contributed by atoms with Gasteiger partial charge in [0.1, 0.15) is 6.10 Å². The number of nitrogens with one attached hydrogen (secondary N) is 1. The molecule has 0 aromatic heterocycles. The van der Waals surface area contributed by atoms with Crippen molar-refractivity contribution in [3.8, 4) is 0 Å². The maximum absolute atomic E-state index is 13.3. The van der Waals surface area contributed by atoms with Crippen molar-refractivity contribution in [2.45, 2.75) is 65.0 Å². The first-order valence-corrected chi connectivity index (χ1v) is 13.0. The number of methoxy groups -OCH3 is 3. The van der Waals surface area contributed by atoms with Crippen LogP contribution >= 0.6 is 0 Å². The summed E-state index contributed by atoms with van der Waals surface area (Å²) in [6.07, 6.45) is 3.61. The van der Waals surface area contributed by atoms with Crippen LogP contribution in [0.2, 0.25) is 0 Å². The molecule has 1 aliphatic heterocycles. The molecule has 0 unspecified atom stereocenters. The standard InChI is InChI=1S/C29H40N2O9/c1-15-11-19-25(34)20(14-21(32)27(19)39-7)31-28(35)16(2)9-8-10-22(37-5)26(40-29(30)36)18(4)13-17(3)24(33)23(12-15)38-6/h8-10,13-15,17,22-24,26,33H,11-12H2,1-7H3,(H2,30,36)(H,31,35)/b10-8-,16-9-,18-13-/t15-,17+,22-,23-,24+,26+/m1/s1. The first kappa shape index (κ1) is 32.7. The first-order valence-electron chi connectivity index (χ1n) is 13.0. The molecule has 0 fully saturated rings. The van der Waals surface area contributed by atoms with Gasteiger partial charge in [0, 0.05) is 37.4 Å². The molecular formula is C29H40N2O9. The Balaban J connectivity index is 2.60. The highest BCUT2D eigenvalue weighted by Crippen LogP contribution is 2.29. The van der Waals surface area contributed by atoms with Crippen molar-refractivity contribution in [1.82, 2.24) is 5.32 Å². The van der Waals surface area contributed by atoms with Gasteiger partial charge >= 0.3 is 6.09 Å². The molecule has 0 saturated heterocycles. The molecule has 0 aromatic rings. The molecule has 2 amide bonds. The van der Waals surface area contributed by atoms with Crippen LogP contribution in [0.3, 0.4) is 0 Å². The SMILES string of the molecule is COC1=C2C[C@@H](C)C[C@@H](OC)[C@@H](O)[C@@H](C)/C=C(/C)[C@H](OC(N)=O)[C@H](OC)/C=C\C=C(\C)C(=O)NC(=CC1=O)C2=O. The van der Waals surface area contributed by atoms with Gasteiger partial charge in [-0.05, 0) is 38.2 Å². The number of primary amides is 1. The third-order valence-corrected chi connectivity index (χ3v) is 6.95. The lowest BCUT2D eigenvalue weighted by atomic mass is 9.85. The average Bonchev–Trinajstić information content (AvgIpc) is 2.90. The number of amides is 2. The molecule has 11 nitrogen and oxygen atoms in total. The Kier molecular flexibility index (Phi) is 12.0. The summed E-state index contributed by atoms with van der Waals surface area (Å²) in [5.74, 6) is -2.39. The summed E-state index contributed by atoms with van der Waals surface area (Å²) in [6, 6.07) is 0. The summed E-state index contributed by atoms with van der Waals surface area (Å²) in [7, 11) is 4.21. The predicted molar refractivity (Wildman–Crippen MR) is 147 cm³/mol. The number of fused-ring (bicyclic) bond motifs is 2. The summed E-state index contributed by atoms with van der Waals surface area (Å²) in [5, 5.41) is 13.7. The van der Waals surface area contributed by atoms with Crippen LogP contribution in [-0.4, -0.2) is 74.4 Å². The number of carbonyl (C=O) groups is 4. The van der Waals surface area contributed by atoms with Crippen LogP contribution < -0.4 is 11.1 Å². The van der Waals surface area contributed by atoms with Gasteiger partial charge in [0.05, 0.1) is 25.0 Å². The minimum Gasteiger partial charge on any atom is -0.492 e. The van der Waals surface area contributed by atoms with E-state index in [-0.39, 0.29) is 34.9 Å². The van der Waals surface area contributed by atoms with Gasteiger partial charge in [-0.15, -0.1) is 0 Å². The van der Waals surface area contributed by atoms with Crippen molar-refractivity contribution >= 4 is 23.6 Å². The van der Waals surface area contributed by atoms with Crippen molar-refractivity contribution < 1.29 is 43.2 Å². The Labute approximate surface area is 234 Å². The number of rotatable bonds is 4. The average molecular weight is 561 g/mol. The van der Waals surface area contributed by atoms with Crippen LogP contribution in [0.15, 0.2) is 58.6 Å². The monoisotopic (exact) mass is 560 g/mol. The van der Waals surface area contributed by atoms with Crippen molar-refractivity contribution in [1.29, 1.82) is 0 Å². The Morgan fingerprint density at radius 3 is 2.35 bits per heavy atom. The zero-order valence-corrected chi connectivity index (χ0v) is 24.1. The molecule has 2 bridgehead atoms. The highest BCUT2D eigenvalue weighted by atomic mass is 16.6. The van der Waals surface area contributed by atoms with E-state index in [1.807, 2.05) is 6.92 Å². The van der Waals surface area contributed by atoms with Crippen LogP contribution in [0.5, 0.6) is 0 Å². The van der Waals surface area contributed by atoms with Crippen molar-refractivity contribution in [3.05, 3.63) is 58.6 Å². The van der Waals surface area contributed by atoms with Crippen molar-refractivity contribution in [2.24, 2.45) is 17.6 Å². The maximum atomic E-state index is 13.3. The molecule has 2 rings (SSSR count). The van der Waals surface area contributed by atoms with Crippen LogP contribution in [0.4, 0.5) is 4.79 Å². The second kappa shape index (κ2) is 14.7. The minimum absolute atomic E-state index is 0.0801. The summed E-state index contributed by atoms with van der Waals surface area (Å²) in [4.78, 5) is 50.6. The number of hydrogen-bond acceptors (Lipinski definition) is 9. The number of aliphatic hydroxyl groups excluding tert-OH is 1. The lowest BCUT2D eigenvalue weighted by Crippen LogP contribution is -2.37. The molecule has 6 atom stereocenters. The van der Waals surface area contributed by atoms with E-state index in [1.54, 1.807) is 32.1 Å². The van der Waals surface area contributed by atoms with Crippen LogP contribution in [0, 0.1) is 11.8 Å². The second-order valence-electron chi connectivity index (χ2n) is 10.1. The number of carbonyl (C=O) groups excluding carboxylic acids is 4. The normalized spacial score (nSPS) is 32.7. The largest absolute Gasteiger partial charge is 0.492 e. The van der Waals surface area contributed by atoms with Gasteiger partial charge in [0.15, 0.2) is 11.9 Å². The van der Waals surface area contributed by atoms with Crippen molar-refractivity contribution in [2.75, 3.05) is 21.3 Å². The van der Waals surface area contributed by atoms with E-state index < -0.39 is 53.9 Å². The third-order valence-electron chi connectivity index (χ3n) is 6.95. The molecule has 0 radical (unpaired) electrons. The van der Waals surface area contributed by atoms with E-state index in [0.717, 1.165) is 6.08 Å². The highest BCUT2D eigenvalue weighted by molar-refractivity contribution is 6.23. The predicted octanol–water partition coefficient (Wildman–Crippen LogP) is 2.41. The van der Waals surface area contributed by atoms with Gasteiger partial charge in [-0.3, -0.25) is 14.4 Å². The number of ketones is 2. The number of Topliss-reactive ketones (excluding diaryl/α,β-unsaturated/α-hetero) is 1. The number of nitrogens with two attached hydrogens (primary N) is 1. The molecule has 40 heavy (non-hydrogen) atoms. The molecule has 220 valence electrons. The van der Waals surface area contributed by atoms with Gasteiger partial charge in [0.2, 0.25) is 11.6 Å². The van der Waals surface area contributed by atoms with Gasteiger partial charge < -0.3 is 35.1 Å². The van der Waals surface area contributed by atoms with Gasteiger partial charge in [-0.1, -0.05) is 38.2 Å². The number of hydrogen-bond donors (Lipinski definition) is 3. The summed E-state index contributed by atoms with van der Waals surface area (Å²) in [6.45, 7) is 6.92. The van der Waals surface area contributed by atoms with Gasteiger partial charge in [-0.25, -0.2) is 4.79 Å². The lowest BCUT2D eigenvalue weighted by molar-refractivity contribution is -0.120. The van der Waals surface area contributed by atoms with Crippen molar-refractivity contribution in [3.63, 3.8) is 0 Å². The molecule has 1 heterocycles. The fraction of sp³-hybridized carbons (Fsp3) is 0.517. The fourth-order valence-corrected chi connectivity index (χ4v) is 4.78. The van der Waals surface area contributed by atoms with E-state index >= 15 is 0 Å². The smallest absolute Gasteiger partial charge is 0.405 e. The lowest BCUT2D eigenvalue weighted by Gasteiger charge is -2.29. The van der Waals surface area contributed by atoms with Crippen LogP contribution in [0.1, 0.15) is 40.5 Å². The Hall–Kier alpha value is -3.54. The minimum atomic E-state index is -1.00. The fourth-order valence-electron chi connectivity index (χ4n) is 4.78. The number of allylic oxidation sites excluding steroid dienone is 4. The number of aliphatic hydroxyl groups is 1. The summed E-state index contributed by atoms with van der Waals surface area (Å²) < 4.78 is 21.7. The third kappa shape index (κ3) is 8.23. The molecular weight excluding hydrogens is 520 g/mol. The molecule has 1 aliphatic carbocycles. The van der Waals surface area contributed by atoms with E-state index in [0.29, 0.717) is 12.0 Å². The Bertz CT molecular complexity index is 1150. The zero-order valence-electron chi connectivity index (χ0n) is 24.1. The van der Waals surface area contributed by atoms with E-state index in [2.05, 4.69) is 5.32 Å². The Morgan fingerprint density at radius 2 is 1.77 bits per heavy atom. The topological polar surface area (TPSA) is 163 Å². The Morgan fingerprint density at radius 1 is 1.10 bits per heavy atom. The van der Waals surface area contributed by atoms with Gasteiger partial charge in [-0.2, -0.15) is 0 Å². The zero-order chi connectivity index (χ0) is 30.1. The summed E-state index contributed by atoms with van der Waals surface area (Å²) >= 11 is 0. The molecule has 4 N–H and O–H groups in total. The quantitative estimate of drug-likeness (QED) is 0.346. The van der Waals surface area contributed by atoms with Crippen LogP contribution in [0.25, 0.3) is 0 Å². The van der Waals surface area contributed by atoms with Crippen LogP contribution in [-0.2, 0) is 33.3 Å². The number of ether oxygens (including phenoxy) is 4. The molecule has 11 heteroatoms. The molecule has 0 aromatic carbocycles. The molecule has 0 saturated carbocycles.